The molecular weight excluding hydrogens is 659 g/mol. The van der Waals surface area contributed by atoms with E-state index in [1.165, 1.54) is 128 Å². The molecular formula is C42H81N2O6P. The van der Waals surface area contributed by atoms with Crippen molar-refractivity contribution < 1.29 is 28.4 Å². The van der Waals surface area contributed by atoms with Gasteiger partial charge in [-0.05, 0) is 39.0 Å². The van der Waals surface area contributed by atoms with Crippen molar-refractivity contribution in [2.75, 3.05) is 19.8 Å². The van der Waals surface area contributed by atoms with E-state index in [0.29, 0.717) is 6.42 Å². The highest BCUT2D eigenvalue weighted by Gasteiger charge is 2.26. The molecule has 0 fully saturated rings. The lowest BCUT2D eigenvalue weighted by Crippen LogP contribution is -2.45. The third kappa shape index (κ3) is 36.9. The minimum atomic E-state index is -4.34. The van der Waals surface area contributed by atoms with Crippen molar-refractivity contribution in [3.05, 3.63) is 36.5 Å². The van der Waals surface area contributed by atoms with Gasteiger partial charge in [0.1, 0.15) is 0 Å². The maximum atomic E-state index is 12.7. The number of aliphatic hydroxyl groups excluding tert-OH is 1. The molecule has 0 aliphatic heterocycles. The van der Waals surface area contributed by atoms with Gasteiger partial charge in [0.2, 0.25) is 5.91 Å². The van der Waals surface area contributed by atoms with Gasteiger partial charge in [0.25, 0.3) is 0 Å². The molecule has 0 heterocycles. The molecule has 0 spiro atoms. The lowest BCUT2D eigenvalue weighted by Gasteiger charge is -2.23. The van der Waals surface area contributed by atoms with Gasteiger partial charge >= 0.3 is 7.82 Å². The van der Waals surface area contributed by atoms with Crippen LogP contribution in [0.5, 0.6) is 0 Å². The molecule has 5 N–H and O–H groups in total. The van der Waals surface area contributed by atoms with Gasteiger partial charge in [0.15, 0.2) is 0 Å². The van der Waals surface area contributed by atoms with Crippen molar-refractivity contribution in [3.63, 3.8) is 0 Å². The number of phosphoric acid groups is 1. The van der Waals surface area contributed by atoms with E-state index in [-0.39, 0.29) is 25.7 Å². The van der Waals surface area contributed by atoms with E-state index in [1.54, 1.807) is 6.08 Å². The highest BCUT2D eigenvalue weighted by atomic mass is 31.2. The highest BCUT2D eigenvalue weighted by Crippen LogP contribution is 2.43. The number of hydrogen-bond acceptors (Lipinski definition) is 6. The highest BCUT2D eigenvalue weighted by molar-refractivity contribution is 7.47. The van der Waals surface area contributed by atoms with Crippen LogP contribution in [0.4, 0.5) is 0 Å². The van der Waals surface area contributed by atoms with Crippen LogP contribution in [-0.4, -0.2) is 47.8 Å². The Morgan fingerprint density at radius 3 is 1.51 bits per heavy atom. The van der Waals surface area contributed by atoms with Crippen LogP contribution in [0.25, 0.3) is 0 Å². The molecule has 3 atom stereocenters. The van der Waals surface area contributed by atoms with E-state index in [2.05, 4.69) is 30.5 Å². The Labute approximate surface area is 314 Å². The molecule has 300 valence electrons. The fraction of sp³-hybridized carbons (Fsp3) is 0.833. The van der Waals surface area contributed by atoms with Crippen LogP contribution >= 0.6 is 7.82 Å². The Hall–Kier alpha value is -1.28. The number of phosphoric ester groups is 1. The molecule has 0 aromatic rings. The van der Waals surface area contributed by atoms with E-state index < -0.39 is 20.0 Å². The molecule has 0 radical (unpaired) electrons. The smallest absolute Gasteiger partial charge is 0.387 e. The Morgan fingerprint density at radius 1 is 0.667 bits per heavy atom. The quantitative estimate of drug-likeness (QED) is 0.0280. The third-order valence-electron chi connectivity index (χ3n) is 9.29. The Bertz CT molecular complexity index is 897. The standard InChI is InChI=1S/C42H81N2O6P/c1-3-5-7-9-11-13-14-15-16-17-18-19-20-21-22-23-24-25-26-28-30-32-34-36-42(46)44-40(39-50-51(47,48)49-38-37-43)41(45)35-33-31-29-27-12-10-8-6-4-2/h4,6,12,27,33,35,40-41,45H,3,5,7-11,13-26,28-32,34,36-39,43H2,1-2H3,(H,44,46)(H,47,48)/b6-4+,27-12+,35-33+. The van der Waals surface area contributed by atoms with Crippen molar-refractivity contribution in [1.29, 1.82) is 0 Å². The average Bonchev–Trinajstić information content (AvgIpc) is 3.12. The zero-order chi connectivity index (χ0) is 37.5. The molecule has 51 heavy (non-hydrogen) atoms. The number of nitrogens with one attached hydrogen (secondary N) is 1. The molecule has 0 saturated carbocycles. The normalized spacial score (nSPS) is 14.5. The van der Waals surface area contributed by atoms with Crippen LogP contribution in [0.1, 0.15) is 194 Å². The van der Waals surface area contributed by atoms with E-state index in [9.17, 15) is 19.4 Å². The lowest BCUT2D eigenvalue weighted by atomic mass is 10.0. The monoisotopic (exact) mass is 741 g/mol. The first kappa shape index (κ1) is 49.7. The van der Waals surface area contributed by atoms with Gasteiger partial charge in [0, 0.05) is 13.0 Å². The summed E-state index contributed by atoms with van der Waals surface area (Å²) in [5, 5.41) is 13.5. The van der Waals surface area contributed by atoms with Gasteiger partial charge in [-0.1, -0.05) is 185 Å². The molecule has 1 amide bonds. The van der Waals surface area contributed by atoms with Crippen LogP contribution < -0.4 is 11.1 Å². The van der Waals surface area contributed by atoms with E-state index in [1.807, 2.05) is 19.1 Å². The summed E-state index contributed by atoms with van der Waals surface area (Å²) < 4.78 is 22.0. The summed E-state index contributed by atoms with van der Waals surface area (Å²) >= 11 is 0. The number of rotatable bonds is 39. The molecule has 9 heteroatoms. The van der Waals surface area contributed by atoms with Gasteiger partial charge in [-0.15, -0.1) is 0 Å². The van der Waals surface area contributed by atoms with Crippen LogP contribution in [-0.2, 0) is 18.4 Å². The second kappa shape index (κ2) is 38.4. The van der Waals surface area contributed by atoms with Crippen molar-refractivity contribution in [2.45, 2.75) is 206 Å². The fourth-order valence-corrected chi connectivity index (χ4v) is 6.87. The average molecular weight is 741 g/mol. The minimum absolute atomic E-state index is 0.0722. The van der Waals surface area contributed by atoms with Crippen LogP contribution in [0.15, 0.2) is 36.5 Å². The molecule has 8 nitrogen and oxygen atoms in total. The van der Waals surface area contributed by atoms with E-state index in [0.717, 1.165) is 44.9 Å². The summed E-state index contributed by atoms with van der Waals surface area (Å²) in [6.45, 7) is 3.88. The van der Waals surface area contributed by atoms with Crippen LogP contribution in [0.2, 0.25) is 0 Å². The second-order valence-corrected chi connectivity index (χ2v) is 15.7. The number of carbonyl (C=O) groups excluding carboxylic acids is 1. The maximum absolute atomic E-state index is 12.7. The number of unbranched alkanes of at least 4 members (excludes halogenated alkanes) is 24. The van der Waals surface area contributed by atoms with Gasteiger partial charge < -0.3 is 21.1 Å². The van der Waals surface area contributed by atoms with Crippen molar-refractivity contribution in [3.8, 4) is 0 Å². The number of allylic oxidation sites excluding steroid dienone is 5. The van der Waals surface area contributed by atoms with Crippen LogP contribution in [0, 0.1) is 0 Å². The minimum Gasteiger partial charge on any atom is -0.387 e. The largest absolute Gasteiger partial charge is 0.472 e. The SMILES string of the molecule is C/C=C/CC/C=C/CC/C=C/C(O)C(COP(=O)(O)OCCN)NC(=O)CCCCCCCCCCCCCCCCCCCCCCCCC. The summed E-state index contributed by atoms with van der Waals surface area (Å²) in [4.78, 5) is 22.6. The Kier molecular flexibility index (Phi) is 37.5. The first-order chi connectivity index (χ1) is 24.9. The Balaban J connectivity index is 4.02. The molecule has 0 saturated heterocycles. The first-order valence-electron chi connectivity index (χ1n) is 21.1. The summed E-state index contributed by atoms with van der Waals surface area (Å²) in [7, 11) is -4.34. The number of hydrogen-bond donors (Lipinski definition) is 4. The predicted octanol–water partition coefficient (Wildman–Crippen LogP) is 11.6. The van der Waals surface area contributed by atoms with E-state index in [4.69, 9.17) is 14.8 Å². The first-order valence-corrected chi connectivity index (χ1v) is 22.6. The van der Waals surface area contributed by atoms with Crippen molar-refractivity contribution in [2.24, 2.45) is 5.73 Å². The molecule has 0 aliphatic carbocycles. The van der Waals surface area contributed by atoms with Crippen molar-refractivity contribution in [1.82, 2.24) is 5.32 Å². The Morgan fingerprint density at radius 2 is 1.08 bits per heavy atom. The zero-order valence-corrected chi connectivity index (χ0v) is 34.0. The lowest BCUT2D eigenvalue weighted by molar-refractivity contribution is -0.123. The van der Waals surface area contributed by atoms with Gasteiger partial charge in [-0.2, -0.15) is 0 Å². The number of nitrogens with two attached hydrogens (primary N) is 1. The molecule has 0 bridgehead atoms. The topological polar surface area (TPSA) is 131 Å². The zero-order valence-electron chi connectivity index (χ0n) is 33.1. The van der Waals surface area contributed by atoms with Crippen molar-refractivity contribution >= 4 is 13.7 Å². The number of amides is 1. The summed E-state index contributed by atoms with van der Waals surface area (Å²) in [6.07, 6.45) is 45.2. The van der Waals surface area contributed by atoms with Gasteiger partial charge in [-0.3, -0.25) is 13.8 Å². The summed E-state index contributed by atoms with van der Waals surface area (Å²) in [5.74, 6) is -0.209. The summed E-state index contributed by atoms with van der Waals surface area (Å²) in [5.41, 5.74) is 5.35. The number of carbonyl (C=O) groups is 1. The predicted molar refractivity (Wildman–Crippen MR) is 217 cm³/mol. The van der Waals surface area contributed by atoms with E-state index >= 15 is 0 Å². The van der Waals surface area contributed by atoms with Gasteiger partial charge in [-0.25, -0.2) is 4.57 Å². The molecule has 0 aliphatic rings. The number of aliphatic hydroxyl groups is 1. The molecule has 0 rings (SSSR count). The molecule has 0 aromatic heterocycles. The fourth-order valence-electron chi connectivity index (χ4n) is 6.11. The molecule has 3 unspecified atom stereocenters. The third-order valence-corrected chi connectivity index (χ3v) is 10.3. The summed E-state index contributed by atoms with van der Waals surface area (Å²) in [6, 6.07) is -0.878. The second-order valence-electron chi connectivity index (χ2n) is 14.2. The van der Waals surface area contributed by atoms with Crippen LogP contribution in [0.3, 0.4) is 0 Å². The van der Waals surface area contributed by atoms with Gasteiger partial charge in [0.05, 0.1) is 25.4 Å². The maximum Gasteiger partial charge on any atom is 0.472 e. The molecule has 0 aromatic carbocycles.